The molecule has 0 radical (unpaired) electrons. The van der Waals surface area contributed by atoms with E-state index in [-0.39, 0.29) is 12.6 Å². The topological polar surface area (TPSA) is 52.6 Å². The largest absolute Gasteiger partial charge is 0.395 e. The maximum Gasteiger partial charge on any atom is 0.322 e. The number of anilines is 1. The van der Waals surface area contributed by atoms with Crippen LogP contribution >= 0.6 is 0 Å². The number of benzene rings is 2. The van der Waals surface area contributed by atoms with Crippen molar-refractivity contribution in [2.75, 3.05) is 18.5 Å². The van der Waals surface area contributed by atoms with Gasteiger partial charge in [0.05, 0.1) is 6.61 Å². The SMILES string of the molecule is Cc1ccccc1NC(=O)N(CCO)Cc1ccccc1. The molecule has 2 amide bonds. The van der Waals surface area contributed by atoms with E-state index in [0.29, 0.717) is 13.1 Å². The molecule has 0 aliphatic heterocycles. The summed E-state index contributed by atoms with van der Waals surface area (Å²) in [4.78, 5) is 14.0. The first kappa shape index (κ1) is 15.1. The molecule has 0 aliphatic carbocycles. The molecule has 4 nitrogen and oxygen atoms in total. The number of carbonyl (C=O) groups is 1. The third kappa shape index (κ3) is 4.33. The molecule has 2 aromatic rings. The van der Waals surface area contributed by atoms with Gasteiger partial charge in [0.25, 0.3) is 0 Å². The van der Waals surface area contributed by atoms with Crippen molar-refractivity contribution in [1.29, 1.82) is 0 Å². The molecule has 0 unspecified atom stereocenters. The Kier molecular flexibility index (Phi) is 5.35. The van der Waals surface area contributed by atoms with Gasteiger partial charge in [-0.2, -0.15) is 0 Å². The maximum absolute atomic E-state index is 12.4. The van der Waals surface area contributed by atoms with Crippen LogP contribution in [-0.2, 0) is 6.54 Å². The number of para-hydroxylation sites is 1. The summed E-state index contributed by atoms with van der Waals surface area (Å²) in [6, 6.07) is 17.2. The van der Waals surface area contributed by atoms with Crippen molar-refractivity contribution in [2.45, 2.75) is 13.5 Å². The number of aliphatic hydroxyl groups excluding tert-OH is 1. The number of nitrogens with one attached hydrogen (secondary N) is 1. The molecule has 0 aliphatic rings. The van der Waals surface area contributed by atoms with Crippen molar-refractivity contribution in [3.8, 4) is 0 Å². The number of carbonyl (C=O) groups excluding carboxylic acids is 1. The van der Waals surface area contributed by atoms with E-state index in [1.54, 1.807) is 4.90 Å². The lowest BCUT2D eigenvalue weighted by atomic mass is 10.2. The molecule has 0 saturated carbocycles. The van der Waals surface area contributed by atoms with Crippen LogP contribution in [0.5, 0.6) is 0 Å². The van der Waals surface area contributed by atoms with Crippen molar-refractivity contribution in [1.82, 2.24) is 4.90 Å². The lowest BCUT2D eigenvalue weighted by Crippen LogP contribution is -2.36. The monoisotopic (exact) mass is 284 g/mol. The second kappa shape index (κ2) is 7.45. The summed E-state index contributed by atoms with van der Waals surface area (Å²) in [5.41, 5.74) is 2.83. The van der Waals surface area contributed by atoms with Crippen LogP contribution in [0, 0.1) is 6.92 Å². The molecule has 0 saturated heterocycles. The van der Waals surface area contributed by atoms with Gasteiger partial charge in [-0.1, -0.05) is 48.5 Å². The summed E-state index contributed by atoms with van der Waals surface area (Å²) in [5.74, 6) is 0. The van der Waals surface area contributed by atoms with Crippen LogP contribution in [0.3, 0.4) is 0 Å². The first-order valence-electron chi connectivity index (χ1n) is 6.97. The minimum atomic E-state index is -0.206. The minimum Gasteiger partial charge on any atom is -0.395 e. The highest BCUT2D eigenvalue weighted by atomic mass is 16.3. The molecule has 110 valence electrons. The third-order valence-electron chi connectivity index (χ3n) is 3.26. The lowest BCUT2D eigenvalue weighted by Gasteiger charge is -2.23. The van der Waals surface area contributed by atoms with Crippen LogP contribution in [-0.4, -0.2) is 29.2 Å². The van der Waals surface area contributed by atoms with Gasteiger partial charge < -0.3 is 15.3 Å². The molecule has 0 atom stereocenters. The van der Waals surface area contributed by atoms with Crippen molar-refractivity contribution in [3.63, 3.8) is 0 Å². The van der Waals surface area contributed by atoms with Crippen molar-refractivity contribution in [2.24, 2.45) is 0 Å². The average molecular weight is 284 g/mol. The standard InChI is InChI=1S/C17H20N2O2/c1-14-7-5-6-10-16(14)18-17(21)19(11-12-20)13-15-8-3-2-4-9-15/h2-10,20H,11-13H2,1H3,(H,18,21). The van der Waals surface area contributed by atoms with Gasteiger partial charge in [0.1, 0.15) is 0 Å². The van der Waals surface area contributed by atoms with Crippen molar-refractivity contribution < 1.29 is 9.90 Å². The Hall–Kier alpha value is -2.33. The van der Waals surface area contributed by atoms with Gasteiger partial charge in [0.2, 0.25) is 0 Å². The van der Waals surface area contributed by atoms with E-state index >= 15 is 0 Å². The van der Waals surface area contributed by atoms with Crippen molar-refractivity contribution in [3.05, 3.63) is 65.7 Å². The summed E-state index contributed by atoms with van der Waals surface area (Å²) >= 11 is 0. The van der Waals surface area contributed by atoms with E-state index in [9.17, 15) is 4.79 Å². The molecule has 0 heterocycles. The Labute approximate surface area is 125 Å². The molecule has 0 aromatic heterocycles. The normalized spacial score (nSPS) is 10.2. The number of hydrogen-bond donors (Lipinski definition) is 2. The smallest absolute Gasteiger partial charge is 0.322 e. The van der Waals surface area contributed by atoms with Gasteiger partial charge in [-0.25, -0.2) is 4.79 Å². The van der Waals surface area contributed by atoms with Gasteiger partial charge in [-0.3, -0.25) is 0 Å². The highest BCUT2D eigenvalue weighted by Gasteiger charge is 2.14. The highest BCUT2D eigenvalue weighted by Crippen LogP contribution is 2.14. The Morgan fingerprint density at radius 2 is 1.76 bits per heavy atom. The number of hydrogen-bond acceptors (Lipinski definition) is 2. The Bertz CT molecular complexity index is 584. The molecule has 2 N–H and O–H groups in total. The van der Waals surface area contributed by atoms with Crippen molar-refractivity contribution >= 4 is 11.7 Å². The zero-order chi connectivity index (χ0) is 15.1. The maximum atomic E-state index is 12.4. The highest BCUT2D eigenvalue weighted by molar-refractivity contribution is 5.90. The van der Waals surface area contributed by atoms with Crippen LogP contribution in [0.25, 0.3) is 0 Å². The molecule has 2 aromatic carbocycles. The molecule has 2 rings (SSSR count). The van der Waals surface area contributed by atoms with Gasteiger partial charge in [-0.15, -0.1) is 0 Å². The number of nitrogens with zero attached hydrogens (tertiary/aromatic N) is 1. The molecule has 0 spiro atoms. The van der Waals surface area contributed by atoms with Gasteiger partial charge in [-0.05, 0) is 24.1 Å². The second-order valence-corrected chi connectivity index (χ2v) is 4.88. The summed E-state index contributed by atoms with van der Waals surface area (Å²) in [6.45, 7) is 2.66. The zero-order valence-electron chi connectivity index (χ0n) is 12.1. The van der Waals surface area contributed by atoms with Gasteiger partial charge in [0.15, 0.2) is 0 Å². The second-order valence-electron chi connectivity index (χ2n) is 4.88. The summed E-state index contributed by atoms with van der Waals surface area (Å²) in [5, 5.41) is 12.1. The zero-order valence-corrected chi connectivity index (χ0v) is 12.1. The summed E-state index contributed by atoms with van der Waals surface area (Å²) in [6.07, 6.45) is 0. The quantitative estimate of drug-likeness (QED) is 0.886. The molecular weight excluding hydrogens is 264 g/mol. The molecule has 21 heavy (non-hydrogen) atoms. The fourth-order valence-electron chi connectivity index (χ4n) is 2.08. The molecule has 4 heteroatoms. The lowest BCUT2D eigenvalue weighted by molar-refractivity contribution is 0.185. The van der Waals surface area contributed by atoms with Crippen LogP contribution in [0.2, 0.25) is 0 Å². The van der Waals surface area contributed by atoms with E-state index in [1.807, 2.05) is 61.5 Å². The Morgan fingerprint density at radius 3 is 2.43 bits per heavy atom. The number of aryl methyl sites for hydroxylation is 1. The van der Waals surface area contributed by atoms with Crippen LogP contribution in [0.1, 0.15) is 11.1 Å². The number of amides is 2. The fourth-order valence-corrected chi connectivity index (χ4v) is 2.08. The van der Waals surface area contributed by atoms with E-state index in [0.717, 1.165) is 16.8 Å². The van der Waals surface area contributed by atoms with E-state index in [2.05, 4.69) is 5.32 Å². The van der Waals surface area contributed by atoms with Gasteiger partial charge >= 0.3 is 6.03 Å². The van der Waals surface area contributed by atoms with Crippen LogP contribution < -0.4 is 5.32 Å². The Balaban J connectivity index is 2.07. The van der Waals surface area contributed by atoms with Crippen LogP contribution in [0.15, 0.2) is 54.6 Å². The fraction of sp³-hybridized carbons (Fsp3) is 0.235. The van der Waals surface area contributed by atoms with Gasteiger partial charge in [0, 0.05) is 18.8 Å². The number of urea groups is 1. The van der Waals surface area contributed by atoms with E-state index in [4.69, 9.17) is 5.11 Å². The molecule has 0 fully saturated rings. The number of rotatable bonds is 5. The average Bonchev–Trinajstić information content (AvgIpc) is 2.50. The first-order chi connectivity index (χ1) is 10.2. The predicted molar refractivity (Wildman–Crippen MR) is 84.1 cm³/mol. The number of aliphatic hydroxyl groups is 1. The Morgan fingerprint density at radius 1 is 1.10 bits per heavy atom. The summed E-state index contributed by atoms with van der Waals surface area (Å²) < 4.78 is 0. The first-order valence-corrected chi connectivity index (χ1v) is 6.97. The third-order valence-corrected chi connectivity index (χ3v) is 3.26. The van der Waals surface area contributed by atoms with E-state index in [1.165, 1.54) is 0 Å². The minimum absolute atomic E-state index is 0.0615. The predicted octanol–water partition coefficient (Wildman–Crippen LogP) is 3.02. The molecular formula is C17H20N2O2. The summed E-state index contributed by atoms with van der Waals surface area (Å²) in [7, 11) is 0. The molecule has 0 bridgehead atoms. The van der Waals surface area contributed by atoms with E-state index < -0.39 is 0 Å². The van der Waals surface area contributed by atoms with Crippen LogP contribution in [0.4, 0.5) is 10.5 Å².